The Kier molecular flexibility index (Phi) is 6.70. The molecule has 134 valence electrons. The minimum atomic E-state index is -0.833. The monoisotopic (exact) mass is 364 g/mol. The number of aliphatic imine (C=N–C) groups is 1. The molecule has 1 unspecified atom stereocenters. The summed E-state index contributed by atoms with van der Waals surface area (Å²) < 4.78 is 0.950. The molecular formula is C18H23ClN3O3+. The Morgan fingerprint density at radius 3 is 2.44 bits per heavy atom. The van der Waals surface area contributed by atoms with Crippen molar-refractivity contribution in [2.75, 3.05) is 11.4 Å². The summed E-state index contributed by atoms with van der Waals surface area (Å²) in [5.41, 5.74) is 1.03. The van der Waals surface area contributed by atoms with Gasteiger partial charge in [-0.1, -0.05) is 18.0 Å². The number of anilines is 1. The molecule has 0 aromatic heterocycles. The van der Waals surface area contributed by atoms with Gasteiger partial charge in [-0.25, -0.2) is 4.99 Å². The molecule has 0 saturated heterocycles. The van der Waals surface area contributed by atoms with E-state index in [0.717, 1.165) is 23.9 Å². The van der Waals surface area contributed by atoms with Crippen molar-refractivity contribution in [1.29, 1.82) is 0 Å². The van der Waals surface area contributed by atoms with Gasteiger partial charge in [0.15, 0.2) is 0 Å². The van der Waals surface area contributed by atoms with Gasteiger partial charge in [0, 0.05) is 40.8 Å². The summed E-state index contributed by atoms with van der Waals surface area (Å²) in [5.74, 6) is 0.550. The average molecular weight is 365 g/mol. The van der Waals surface area contributed by atoms with E-state index in [0.29, 0.717) is 16.8 Å². The number of nitroso groups, excluding NO2 is 1. The number of rotatable bonds is 4. The molecule has 2 aliphatic rings. The van der Waals surface area contributed by atoms with E-state index in [1.165, 1.54) is 19.3 Å². The van der Waals surface area contributed by atoms with Crippen LogP contribution in [0.5, 0.6) is 0 Å². The van der Waals surface area contributed by atoms with Gasteiger partial charge in [-0.15, -0.1) is 0 Å². The zero-order valence-corrected chi connectivity index (χ0v) is 15.2. The molecule has 0 radical (unpaired) electrons. The van der Waals surface area contributed by atoms with Crippen molar-refractivity contribution < 1.29 is 14.7 Å². The van der Waals surface area contributed by atoms with E-state index < -0.39 is 5.97 Å². The molecule has 1 heterocycles. The zero-order valence-electron chi connectivity index (χ0n) is 14.4. The molecule has 1 N–H and O–H groups in total. The minimum Gasteiger partial charge on any atom is -0.481 e. The zero-order chi connectivity index (χ0) is 18.4. The van der Waals surface area contributed by atoms with E-state index in [9.17, 15) is 4.91 Å². The summed E-state index contributed by atoms with van der Waals surface area (Å²) in [6.07, 6.45) is 7.08. The molecule has 25 heavy (non-hydrogen) atoms. The molecule has 0 bridgehead atoms. The highest BCUT2D eigenvalue weighted by molar-refractivity contribution is 6.30. The lowest BCUT2D eigenvalue weighted by Crippen LogP contribution is -2.34. The summed E-state index contributed by atoms with van der Waals surface area (Å²) in [6.45, 7) is 3.81. The first-order valence-corrected chi connectivity index (χ1v) is 8.68. The normalized spacial score (nSPS) is 19.4. The highest BCUT2D eigenvalue weighted by Gasteiger charge is 2.28. The second kappa shape index (κ2) is 8.76. The molecule has 1 atom stereocenters. The van der Waals surface area contributed by atoms with Crippen LogP contribution in [0.4, 0.5) is 5.69 Å². The third-order valence-electron chi connectivity index (χ3n) is 4.15. The van der Waals surface area contributed by atoms with Crippen LogP contribution in [0.1, 0.15) is 33.1 Å². The number of hydrogen-bond donors (Lipinski definition) is 1. The van der Waals surface area contributed by atoms with Gasteiger partial charge in [0.25, 0.3) is 12.2 Å². The van der Waals surface area contributed by atoms with E-state index in [1.807, 2.05) is 31.2 Å². The Morgan fingerprint density at radius 1 is 1.36 bits per heavy atom. The third kappa shape index (κ3) is 5.67. The summed E-state index contributed by atoms with van der Waals surface area (Å²) in [5, 5.41) is 8.13. The predicted octanol–water partition coefficient (Wildman–Crippen LogP) is 4.09. The van der Waals surface area contributed by atoms with Gasteiger partial charge in [0.1, 0.15) is 0 Å². The van der Waals surface area contributed by atoms with E-state index >= 15 is 0 Å². The lowest BCUT2D eigenvalue weighted by molar-refractivity contribution is -0.498. The number of aliphatic carboxylic acids is 1. The Morgan fingerprint density at radius 2 is 1.96 bits per heavy atom. The van der Waals surface area contributed by atoms with Gasteiger partial charge in [-0.3, -0.25) is 4.79 Å². The largest absolute Gasteiger partial charge is 0.481 e. The third-order valence-corrected chi connectivity index (χ3v) is 4.40. The predicted molar refractivity (Wildman–Crippen MR) is 99.1 cm³/mol. The fourth-order valence-electron chi connectivity index (χ4n) is 2.54. The number of benzene rings is 1. The molecule has 7 heteroatoms. The van der Waals surface area contributed by atoms with Gasteiger partial charge in [-0.2, -0.15) is 0 Å². The van der Waals surface area contributed by atoms with Crippen molar-refractivity contribution in [3.63, 3.8) is 0 Å². The number of carboxylic acids is 1. The van der Waals surface area contributed by atoms with Crippen LogP contribution < -0.4 is 4.90 Å². The lowest BCUT2D eigenvalue weighted by Gasteiger charge is -2.33. The maximum atomic E-state index is 11.9. The van der Waals surface area contributed by atoms with Crippen LogP contribution in [0.2, 0.25) is 5.02 Å². The maximum Gasteiger partial charge on any atom is 0.300 e. The van der Waals surface area contributed by atoms with Crippen molar-refractivity contribution in [1.82, 2.24) is 0 Å². The first-order chi connectivity index (χ1) is 11.9. The molecular weight excluding hydrogens is 342 g/mol. The van der Waals surface area contributed by atoms with Crippen LogP contribution in [-0.4, -0.2) is 34.6 Å². The maximum absolute atomic E-state index is 11.9. The van der Waals surface area contributed by atoms with E-state index in [1.54, 1.807) is 12.4 Å². The molecule has 1 aromatic carbocycles. The second-order valence-corrected chi connectivity index (χ2v) is 6.71. The van der Waals surface area contributed by atoms with E-state index in [4.69, 9.17) is 21.5 Å². The number of hydrogen-bond acceptors (Lipinski definition) is 4. The first kappa shape index (κ1) is 19.1. The van der Waals surface area contributed by atoms with E-state index in [-0.39, 0.29) is 6.04 Å². The summed E-state index contributed by atoms with van der Waals surface area (Å²) in [6, 6.07) is 7.49. The van der Waals surface area contributed by atoms with Crippen molar-refractivity contribution in [3.8, 4) is 0 Å². The van der Waals surface area contributed by atoms with Crippen molar-refractivity contribution in [3.05, 3.63) is 46.2 Å². The fraction of sp³-hybridized carbons (Fsp3) is 0.444. The van der Waals surface area contributed by atoms with E-state index in [2.05, 4.69) is 9.89 Å². The Bertz CT molecular complexity index is 677. The SMILES string of the molecule is CC(=O)O.CC1C=NC(N(CC2CCC2)c2ccc(Cl)cc2)=C[N+]1=O. The summed E-state index contributed by atoms with van der Waals surface area (Å²) >= 11 is 5.97. The van der Waals surface area contributed by atoms with Gasteiger partial charge >= 0.3 is 0 Å². The standard InChI is InChI=1S/C16H19ClN3O.C2H4O2/c1-12-9-18-16(11-20(12)21)19(10-13-3-2-4-13)15-7-5-14(17)6-8-15;1-2(3)4/h5-9,11-13H,2-4,10H2,1H3;1H3,(H,3,4)/q+1;. The fourth-order valence-corrected chi connectivity index (χ4v) is 2.67. The summed E-state index contributed by atoms with van der Waals surface area (Å²) in [4.78, 5) is 27.4. The number of halogens is 1. The quantitative estimate of drug-likeness (QED) is 0.817. The Labute approximate surface area is 152 Å². The van der Waals surface area contributed by atoms with Crippen LogP contribution in [0.3, 0.4) is 0 Å². The Hall–Kier alpha value is -2.21. The summed E-state index contributed by atoms with van der Waals surface area (Å²) in [7, 11) is 0. The molecule has 1 aromatic rings. The molecule has 0 spiro atoms. The van der Waals surface area contributed by atoms with Gasteiger partial charge in [0.05, 0.1) is 6.21 Å². The lowest BCUT2D eigenvalue weighted by atomic mass is 9.85. The number of carboxylic acid groups (broad SMARTS) is 1. The number of carbonyl (C=O) groups is 1. The van der Waals surface area contributed by atoms with Crippen LogP contribution in [-0.2, 0) is 4.79 Å². The second-order valence-electron chi connectivity index (χ2n) is 6.27. The minimum absolute atomic E-state index is 0.204. The van der Waals surface area contributed by atoms with Crippen molar-refractivity contribution >= 4 is 29.5 Å². The molecule has 1 aliphatic carbocycles. The topological polar surface area (TPSA) is 73.0 Å². The van der Waals surface area contributed by atoms with Crippen molar-refractivity contribution in [2.24, 2.45) is 10.9 Å². The first-order valence-electron chi connectivity index (χ1n) is 8.31. The molecule has 1 aliphatic heterocycles. The van der Waals surface area contributed by atoms with Gasteiger partial charge < -0.3 is 10.0 Å². The van der Waals surface area contributed by atoms with Gasteiger partial charge in [-0.05, 0) is 43.0 Å². The highest BCUT2D eigenvalue weighted by Crippen LogP contribution is 2.32. The smallest absolute Gasteiger partial charge is 0.300 e. The van der Waals surface area contributed by atoms with Crippen molar-refractivity contribution in [2.45, 2.75) is 39.2 Å². The molecule has 1 fully saturated rings. The molecule has 0 amide bonds. The molecule has 1 saturated carbocycles. The highest BCUT2D eigenvalue weighted by atomic mass is 35.5. The van der Waals surface area contributed by atoms with Crippen LogP contribution in [0.15, 0.2) is 41.3 Å². The van der Waals surface area contributed by atoms with Crippen LogP contribution in [0, 0.1) is 10.8 Å². The van der Waals surface area contributed by atoms with Crippen LogP contribution in [0.25, 0.3) is 0 Å². The average Bonchev–Trinajstić information content (AvgIpc) is 2.50. The van der Waals surface area contributed by atoms with Crippen LogP contribution >= 0.6 is 11.6 Å². The number of nitrogens with zero attached hydrogens (tertiary/aromatic N) is 3. The molecule has 6 nitrogen and oxygen atoms in total. The Balaban J connectivity index is 0.000000511. The molecule has 3 rings (SSSR count). The van der Waals surface area contributed by atoms with Gasteiger partial charge in [0.2, 0.25) is 11.9 Å².